The Balaban J connectivity index is 1.59. The summed E-state index contributed by atoms with van der Waals surface area (Å²) in [6.07, 6.45) is 4.74. The van der Waals surface area contributed by atoms with Gasteiger partial charge in [0.25, 0.3) is 0 Å². The maximum absolute atomic E-state index is 12.3. The summed E-state index contributed by atoms with van der Waals surface area (Å²) in [5, 5.41) is 6.35. The summed E-state index contributed by atoms with van der Waals surface area (Å²) >= 11 is 0. The summed E-state index contributed by atoms with van der Waals surface area (Å²) in [5.41, 5.74) is 2.01. The van der Waals surface area contributed by atoms with Crippen molar-refractivity contribution in [2.45, 2.75) is 51.1 Å². The second-order valence-electron chi connectivity index (χ2n) is 6.47. The maximum Gasteiger partial charge on any atom is 0.237 e. The first kappa shape index (κ1) is 16.0. The van der Waals surface area contributed by atoms with Crippen LogP contribution in [0.5, 0.6) is 0 Å². The van der Waals surface area contributed by atoms with Crippen molar-refractivity contribution in [3.05, 3.63) is 29.8 Å². The van der Waals surface area contributed by atoms with Crippen molar-refractivity contribution in [3.8, 4) is 0 Å². The van der Waals surface area contributed by atoms with Crippen molar-refractivity contribution in [2.75, 3.05) is 18.0 Å². The first-order chi connectivity index (χ1) is 11.1. The molecule has 2 unspecified atom stereocenters. The van der Waals surface area contributed by atoms with Crippen molar-refractivity contribution in [1.29, 1.82) is 0 Å². The lowest BCUT2D eigenvalue weighted by molar-refractivity contribution is -0.124. The van der Waals surface area contributed by atoms with E-state index in [4.69, 9.17) is 0 Å². The highest BCUT2D eigenvalue weighted by Crippen LogP contribution is 2.23. The fourth-order valence-electron chi connectivity index (χ4n) is 3.34. The zero-order valence-corrected chi connectivity index (χ0v) is 13.7. The predicted octanol–water partition coefficient (Wildman–Crippen LogP) is 2.13. The smallest absolute Gasteiger partial charge is 0.237 e. The van der Waals surface area contributed by atoms with Crippen LogP contribution in [0.4, 0.5) is 5.69 Å². The number of carbonyl (C=O) groups excluding carboxylic acids is 2. The quantitative estimate of drug-likeness (QED) is 0.895. The van der Waals surface area contributed by atoms with E-state index in [1.165, 1.54) is 0 Å². The number of carbonyl (C=O) groups is 2. The second kappa shape index (κ2) is 7.13. The minimum atomic E-state index is -0.0623. The molecule has 0 saturated carbocycles. The van der Waals surface area contributed by atoms with Crippen LogP contribution in [0.15, 0.2) is 24.3 Å². The molecule has 3 rings (SSSR count). The molecule has 0 spiro atoms. The lowest BCUT2D eigenvalue weighted by Crippen LogP contribution is -2.47. The molecule has 1 aromatic carbocycles. The van der Waals surface area contributed by atoms with E-state index in [9.17, 15) is 9.59 Å². The third-order valence-electron chi connectivity index (χ3n) is 4.76. The molecule has 2 aliphatic heterocycles. The summed E-state index contributed by atoms with van der Waals surface area (Å²) < 4.78 is 0. The van der Waals surface area contributed by atoms with Crippen LogP contribution in [0.25, 0.3) is 0 Å². The number of nitrogens with zero attached hydrogens (tertiary/aromatic N) is 1. The highest BCUT2D eigenvalue weighted by atomic mass is 16.2. The molecule has 0 aromatic heterocycles. The molecule has 2 amide bonds. The van der Waals surface area contributed by atoms with Gasteiger partial charge in [0, 0.05) is 18.7 Å². The number of nitrogens with one attached hydrogen (secondary N) is 2. The standard InChI is InChI=1S/C18H25N3O2/c1-13(20-18(23)16-5-2-3-11-19-16)14-7-9-15(10-8-14)21-12-4-6-17(21)22/h7-10,13,16,19H,2-6,11-12H2,1H3,(H,20,23). The van der Waals surface area contributed by atoms with Gasteiger partial charge in [-0.1, -0.05) is 18.6 Å². The molecular weight excluding hydrogens is 290 g/mol. The van der Waals surface area contributed by atoms with Gasteiger partial charge in [-0.2, -0.15) is 0 Å². The molecule has 2 N–H and O–H groups in total. The zero-order chi connectivity index (χ0) is 16.2. The molecule has 2 fully saturated rings. The first-order valence-corrected chi connectivity index (χ1v) is 8.59. The van der Waals surface area contributed by atoms with Crippen LogP contribution in [0.2, 0.25) is 0 Å². The SMILES string of the molecule is CC(NC(=O)C1CCCCN1)c1ccc(N2CCCC2=O)cc1. The van der Waals surface area contributed by atoms with Crippen molar-refractivity contribution in [2.24, 2.45) is 0 Å². The summed E-state index contributed by atoms with van der Waals surface area (Å²) in [6.45, 7) is 3.72. The number of hydrogen-bond donors (Lipinski definition) is 2. The number of rotatable bonds is 4. The van der Waals surface area contributed by atoms with Crippen molar-refractivity contribution < 1.29 is 9.59 Å². The van der Waals surface area contributed by atoms with Gasteiger partial charge >= 0.3 is 0 Å². The number of amides is 2. The Bertz CT molecular complexity index is 564. The van der Waals surface area contributed by atoms with E-state index in [2.05, 4.69) is 10.6 Å². The Kier molecular flexibility index (Phi) is 4.96. The third-order valence-corrected chi connectivity index (χ3v) is 4.76. The van der Waals surface area contributed by atoms with Crippen LogP contribution in [0, 0.1) is 0 Å². The fourth-order valence-corrected chi connectivity index (χ4v) is 3.34. The predicted molar refractivity (Wildman–Crippen MR) is 90.2 cm³/mol. The van der Waals surface area contributed by atoms with Crippen LogP contribution in [-0.4, -0.2) is 30.9 Å². The van der Waals surface area contributed by atoms with E-state index < -0.39 is 0 Å². The van der Waals surface area contributed by atoms with E-state index in [1.54, 1.807) is 0 Å². The molecule has 1 aromatic rings. The molecule has 2 aliphatic rings. The molecule has 0 radical (unpaired) electrons. The van der Waals surface area contributed by atoms with Crippen LogP contribution in [0.1, 0.15) is 50.6 Å². The second-order valence-corrected chi connectivity index (χ2v) is 6.47. The summed E-state index contributed by atoms with van der Waals surface area (Å²) in [4.78, 5) is 25.9. The molecule has 23 heavy (non-hydrogen) atoms. The highest BCUT2D eigenvalue weighted by molar-refractivity contribution is 5.95. The number of hydrogen-bond acceptors (Lipinski definition) is 3. The molecular formula is C18H25N3O2. The van der Waals surface area contributed by atoms with Gasteiger partial charge < -0.3 is 15.5 Å². The van der Waals surface area contributed by atoms with E-state index >= 15 is 0 Å². The molecule has 5 heteroatoms. The zero-order valence-electron chi connectivity index (χ0n) is 13.7. The van der Waals surface area contributed by atoms with Gasteiger partial charge in [-0.05, 0) is 50.4 Å². The van der Waals surface area contributed by atoms with Crippen molar-refractivity contribution in [1.82, 2.24) is 10.6 Å². The number of anilines is 1. The van der Waals surface area contributed by atoms with Crippen LogP contribution < -0.4 is 15.5 Å². The average Bonchev–Trinajstić information content (AvgIpc) is 3.02. The molecule has 2 saturated heterocycles. The Hall–Kier alpha value is -1.88. The Morgan fingerprint density at radius 3 is 2.65 bits per heavy atom. The topological polar surface area (TPSA) is 61.4 Å². The largest absolute Gasteiger partial charge is 0.348 e. The lowest BCUT2D eigenvalue weighted by Gasteiger charge is -2.25. The van der Waals surface area contributed by atoms with E-state index in [-0.39, 0.29) is 23.9 Å². The molecule has 0 aliphatic carbocycles. The monoisotopic (exact) mass is 315 g/mol. The highest BCUT2D eigenvalue weighted by Gasteiger charge is 2.23. The fraction of sp³-hybridized carbons (Fsp3) is 0.556. The van der Waals surface area contributed by atoms with Gasteiger partial charge in [0.15, 0.2) is 0 Å². The van der Waals surface area contributed by atoms with E-state index in [1.807, 2.05) is 36.1 Å². The molecule has 2 atom stereocenters. The first-order valence-electron chi connectivity index (χ1n) is 8.59. The summed E-state index contributed by atoms with van der Waals surface area (Å²) in [6, 6.07) is 7.85. The van der Waals surface area contributed by atoms with E-state index in [0.29, 0.717) is 6.42 Å². The van der Waals surface area contributed by atoms with E-state index in [0.717, 1.165) is 50.0 Å². The number of piperidine rings is 1. The lowest BCUT2D eigenvalue weighted by atomic mass is 10.0. The van der Waals surface area contributed by atoms with Gasteiger partial charge in [0.05, 0.1) is 12.1 Å². The minimum Gasteiger partial charge on any atom is -0.348 e. The molecule has 5 nitrogen and oxygen atoms in total. The average molecular weight is 315 g/mol. The molecule has 0 bridgehead atoms. The van der Waals surface area contributed by atoms with Gasteiger partial charge in [-0.3, -0.25) is 9.59 Å². The Labute approximate surface area is 137 Å². The third kappa shape index (κ3) is 3.72. The minimum absolute atomic E-state index is 0.0328. The summed E-state index contributed by atoms with van der Waals surface area (Å²) in [5.74, 6) is 0.276. The number of benzene rings is 1. The Morgan fingerprint density at radius 1 is 1.26 bits per heavy atom. The van der Waals surface area contributed by atoms with Gasteiger partial charge in [0.2, 0.25) is 11.8 Å². The normalized spacial score (nSPS) is 22.9. The molecule has 124 valence electrons. The Morgan fingerprint density at radius 2 is 2.04 bits per heavy atom. The van der Waals surface area contributed by atoms with Crippen LogP contribution in [0.3, 0.4) is 0 Å². The summed E-state index contributed by atoms with van der Waals surface area (Å²) in [7, 11) is 0. The maximum atomic E-state index is 12.3. The van der Waals surface area contributed by atoms with Crippen LogP contribution in [-0.2, 0) is 9.59 Å². The van der Waals surface area contributed by atoms with Crippen LogP contribution >= 0.6 is 0 Å². The molecule has 2 heterocycles. The van der Waals surface area contributed by atoms with Gasteiger partial charge in [-0.25, -0.2) is 0 Å². The van der Waals surface area contributed by atoms with Crippen molar-refractivity contribution in [3.63, 3.8) is 0 Å². The van der Waals surface area contributed by atoms with Crippen molar-refractivity contribution >= 4 is 17.5 Å². The van der Waals surface area contributed by atoms with Gasteiger partial charge in [0.1, 0.15) is 0 Å². The van der Waals surface area contributed by atoms with Gasteiger partial charge in [-0.15, -0.1) is 0 Å².